The fourth-order valence-electron chi connectivity index (χ4n) is 1.27. The van der Waals surface area contributed by atoms with Crippen molar-refractivity contribution in [3.05, 3.63) is 70.8 Å². The first-order valence-electron chi connectivity index (χ1n) is 5.93. The molecule has 0 radical (unpaired) electrons. The zero-order valence-electron chi connectivity index (χ0n) is 13.4. The molecule has 128 valence electrons. The average molecular weight is 388 g/mol. The second-order valence-corrected chi connectivity index (χ2v) is 4.31. The van der Waals surface area contributed by atoms with Crippen molar-refractivity contribution in [3.8, 4) is 0 Å². The molecule has 22 heavy (non-hydrogen) atoms. The molecular weight excluding hydrogens is 362 g/mol. The van der Waals surface area contributed by atoms with E-state index in [0.29, 0.717) is 0 Å². The molecule has 0 saturated heterocycles. The summed E-state index contributed by atoms with van der Waals surface area (Å²) in [6.07, 6.45) is 0. The van der Waals surface area contributed by atoms with Crippen molar-refractivity contribution >= 4 is 56.4 Å². The van der Waals surface area contributed by atoms with Crippen LogP contribution in [0.5, 0.6) is 0 Å². The topological polar surface area (TPSA) is 17.1 Å². The van der Waals surface area contributed by atoms with E-state index in [1.54, 1.807) is 0 Å². The van der Waals surface area contributed by atoms with Crippen LogP contribution in [-0.2, 0) is 4.79 Å². The molecule has 0 atom stereocenters. The predicted octanol–water partition coefficient (Wildman–Crippen LogP) is 6.11. The van der Waals surface area contributed by atoms with Crippen molar-refractivity contribution in [3.63, 3.8) is 0 Å². The van der Waals surface area contributed by atoms with E-state index in [2.05, 4.69) is 76.2 Å². The van der Waals surface area contributed by atoms with Gasteiger partial charge >= 0.3 is 0 Å². The maximum absolute atomic E-state index is 8.00. The normalized spacial score (nSPS) is 6.91. The molecule has 2 rings (SSSR count). The van der Waals surface area contributed by atoms with E-state index in [4.69, 9.17) is 4.79 Å². The summed E-state index contributed by atoms with van der Waals surface area (Å²) in [5, 5.41) is 0. The number of rotatable bonds is 0. The molecule has 0 aliphatic rings. The zero-order valence-corrected chi connectivity index (χ0v) is 16.6. The van der Waals surface area contributed by atoms with Gasteiger partial charge in [0.15, 0.2) is 0 Å². The summed E-state index contributed by atoms with van der Waals surface area (Å²) in [6.45, 7) is 10.4. The molecule has 0 unspecified atom stereocenters. The molecule has 5 heteroatoms. The van der Waals surface area contributed by atoms with Crippen LogP contribution in [0, 0.1) is 27.7 Å². The third kappa shape index (κ3) is 17.3. The monoisotopic (exact) mass is 386 g/mol. The Morgan fingerprint density at radius 1 is 0.455 bits per heavy atom. The third-order valence-corrected chi connectivity index (χ3v) is 2.44. The molecule has 2 aromatic carbocycles. The SMILES string of the molecule is C=O.Cc1ccc(C)cc1.Cc1ccc(C)cc1.Cl.Cl.Cl.Cl. The second-order valence-electron chi connectivity index (χ2n) is 4.31. The highest BCUT2D eigenvalue weighted by atomic mass is 35.5. The second kappa shape index (κ2) is 20.3. The Morgan fingerprint density at radius 3 is 0.636 bits per heavy atom. The lowest BCUT2D eigenvalue weighted by Gasteiger charge is -1.90. The Morgan fingerprint density at radius 2 is 0.545 bits per heavy atom. The van der Waals surface area contributed by atoms with Crippen LogP contribution in [0.25, 0.3) is 0 Å². The molecule has 0 N–H and O–H groups in total. The predicted molar refractivity (Wildman–Crippen MR) is 108 cm³/mol. The lowest BCUT2D eigenvalue weighted by molar-refractivity contribution is -0.0979. The van der Waals surface area contributed by atoms with Crippen LogP contribution >= 0.6 is 49.6 Å². The summed E-state index contributed by atoms with van der Waals surface area (Å²) in [5.41, 5.74) is 5.32. The first-order chi connectivity index (χ1) is 8.58. The van der Waals surface area contributed by atoms with Crippen LogP contribution in [0.2, 0.25) is 0 Å². The van der Waals surface area contributed by atoms with E-state index in [1.807, 2.05) is 6.79 Å². The number of carbonyl (C=O) groups is 1. The average Bonchev–Trinajstić information content (AvgIpc) is 2.40. The summed E-state index contributed by atoms with van der Waals surface area (Å²) in [5.74, 6) is 0. The smallest absolute Gasteiger partial charge is 0.106 e. The van der Waals surface area contributed by atoms with Gasteiger partial charge in [0, 0.05) is 0 Å². The summed E-state index contributed by atoms with van der Waals surface area (Å²) in [4.78, 5) is 8.00. The third-order valence-electron chi connectivity index (χ3n) is 2.44. The Balaban J connectivity index is -0.0000000676. The molecule has 2 aromatic rings. The van der Waals surface area contributed by atoms with Gasteiger partial charge < -0.3 is 4.79 Å². The highest BCUT2D eigenvalue weighted by molar-refractivity contribution is 5.86. The van der Waals surface area contributed by atoms with Crippen molar-refractivity contribution in [1.29, 1.82) is 0 Å². The van der Waals surface area contributed by atoms with Gasteiger partial charge in [0.05, 0.1) is 0 Å². The Hall–Kier alpha value is -0.730. The van der Waals surface area contributed by atoms with Gasteiger partial charge in [0.2, 0.25) is 0 Å². The van der Waals surface area contributed by atoms with E-state index >= 15 is 0 Å². The van der Waals surface area contributed by atoms with E-state index in [0.717, 1.165) is 0 Å². The Kier molecular flexibility index (Phi) is 30.4. The van der Waals surface area contributed by atoms with E-state index in [-0.39, 0.29) is 49.6 Å². The molecule has 0 heterocycles. The van der Waals surface area contributed by atoms with Crippen LogP contribution in [0.4, 0.5) is 0 Å². The number of benzene rings is 2. The maximum atomic E-state index is 8.00. The highest BCUT2D eigenvalue weighted by Crippen LogP contribution is 2.00. The highest BCUT2D eigenvalue weighted by Gasteiger charge is 1.80. The standard InChI is InChI=1S/2C8H10.CH2O.4ClH/c2*1-7-3-5-8(2)6-4-7;1-2;;;;/h2*3-6H,1-2H3;1H2;4*1H. The quantitative estimate of drug-likeness (QED) is 0.532. The minimum absolute atomic E-state index is 0. The van der Waals surface area contributed by atoms with Gasteiger partial charge in [-0.3, -0.25) is 0 Å². The van der Waals surface area contributed by atoms with E-state index in [1.165, 1.54) is 22.3 Å². The van der Waals surface area contributed by atoms with E-state index < -0.39 is 0 Å². The van der Waals surface area contributed by atoms with Crippen molar-refractivity contribution in [1.82, 2.24) is 0 Å². The first-order valence-corrected chi connectivity index (χ1v) is 5.93. The molecule has 0 bridgehead atoms. The van der Waals surface area contributed by atoms with Crippen LogP contribution in [0.3, 0.4) is 0 Å². The lowest BCUT2D eigenvalue weighted by atomic mass is 10.2. The molecular formula is C17H26Cl4O. The van der Waals surface area contributed by atoms with Gasteiger partial charge in [-0.15, -0.1) is 49.6 Å². The minimum Gasteiger partial charge on any atom is -0.307 e. The van der Waals surface area contributed by atoms with Crippen LogP contribution in [-0.4, -0.2) is 6.79 Å². The minimum atomic E-state index is 0. The summed E-state index contributed by atoms with van der Waals surface area (Å²) in [6, 6.07) is 17.0. The fourth-order valence-corrected chi connectivity index (χ4v) is 1.27. The molecule has 0 aromatic heterocycles. The largest absolute Gasteiger partial charge is 0.307 e. The van der Waals surface area contributed by atoms with Crippen molar-refractivity contribution in [2.24, 2.45) is 0 Å². The fraction of sp³-hybridized carbons (Fsp3) is 0.235. The van der Waals surface area contributed by atoms with Crippen molar-refractivity contribution in [2.75, 3.05) is 0 Å². The summed E-state index contributed by atoms with van der Waals surface area (Å²) < 4.78 is 0. The van der Waals surface area contributed by atoms with Gasteiger partial charge in [-0.05, 0) is 27.7 Å². The van der Waals surface area contributed by atoms with Gasteiger partial charge in [-0.1, -0.05) is 70.8 Å². The molecule has 0 spiro atoms. The number of hydrogen-bond donors (Lipinski definition) is 0. The number of carbonyl (C=O) groups excluding carboxylic acids is 1. The first kappa shape index (κ1) is 33.0. The molecule has 0 aliphatic heterocycles. The van der Waals surface area contributed by atoms with Crippen molar-refractivity contribution in [2.45, 2.75) is 27.7 Å². The van der Waals surface area contributed by atoms with Crippen molar-refractivity contribution < 1.29 is 4.79 Å². The van der Waals surface area contributed by atoms with Gasteiger partial charge in [0.25, 0.3) is 0 Å². The Labute approximate surface area is 159 Å². The number of hydrogen-bond acceptors (Lipinski definition) is 1. The summed E-state index contributed by atoms with van der Waals surface area (Å²) in [7, 11) is 0. The zero-order chi connectivity index (χ0) is 14.0. The molecule has 1 nitrogen and oxygen atoms in total. The van der Waals surface area contributed by atoms with Gasteiger partial charge in [-0.25, -0.2) is 0 Å². The van der Waals surface area contributed by atoms with Gasteiger partial charge in [-0.2, -0.15) is 0 Å². The lowest BCUT2D eigenvalue weighted by Crippen LogP contribution is -1.70. The van der Waals surface area contributed by atoms with Gasteiger partial charge in [0.1, 0.15) is 6.79 Å². The number of aryl methyl sites for hydroxylation is 4. The number of halogens is 4. The Bertz CT molecular complexity index is 356. The molecule has 0 saturated carbocycles. The molecule has 0 amide bonds. The molecule has 0 aliphatic carbocycles. The van der Waals surface area contributed by atoms with Crippen LogP contribution in [0.1, 0.15) is 22.3 Å². The van der Waals surface area contributed by atoms with Crippen LogP contribution < -0.4 is 0 Å². The van der Waals surface area contributed by atoms with Crippen LogP contribution in [0.15, 0.2) is 48.5 Å². The molecule has 0 fully saturated rings. The van der Waals surface area contributed by atoms with E-state index in [9.17, 15) is 0 Å². The maximum Gasteiger partial charge on any atom is 0.106 e. The summed E-state index contributed by atoms with van der Waals surface area (Å²) >= 11 is 0.